The summed E-state index contributed by atoms with van der Waals surface area (Å²) in [5.41, 5.74) is 0.490. The number of anilines is 1. The van der Waals surface area contributed by atoms with Crippen molar-refractivity contribution in [3.05, 3.63) is 48.3 Å². The summed E-state index contributed by atoms with van der Waals surface area (Å²) in [4.78, 5) is 37.7. The second-order valence-electron chi connectivity index (χ2n) is 6.26. The zero-order chi connectivity index (χ0) is 19.2. The second kappa shape index (κ2) is 8.85. The summed E-state index contributed by atoms with van der Waals surface area (Å²) in [7, 11) is 0. The molecule has 1 N–H and O–H groups in total. The molecule has 1 atom stereocenters. The van der Waals surface area contributed by atoms with Gasteiger partial charge in [-0.15, -0.1) is 11.8 Å². The standard InChI is InChI=1S/C19H23N5O2S/c1-14(22-17(25)15-6-5-9-21-18(15)27-2)19(26)24-12-10-23(11-13-24)16-7-3-4-8-20-16/h3-9,14H,10-13H2,1-2H3,(H,22,25). The van der Waals surface area contributed by atoms with E-state index in [2.05, 4.69) is 20.2 Å². The van der Waals surface area contributed by atoms with Gasteiger partial charge in [0.15, 0.2) is 0 Å². The lowest BCUT2D eigenvalue weighted by atomic mass is 10.2. The number of rotatable bonds is 5. The Balaban J connectivity index is 1.56. The summed E-state index contributed by atoms with van der Waals surface area (Å²) in [6.45, 7) is 4.39. The van der Waals surface area contributed by atoms with Crippen molar-refractivity contribution in [1.82, 2.24) is 20.2 Å². The maximum absolute atomic E-state index is 12.7. The van der Waals surface area contributed by atoms with Crippen LogP contribution < -0.4 is 10.2 Å². The second-order valence-corrected chi connectivity index (χ2v) is 7.05. The van der Waals surface area contributed by atoms with Gasteiger partial charge in [0, 0.05) is 38.6 Å². The third kappa shape index (κ3) is 4.57. The van der Waals surface area contributed by atoms with Crippen LogP contribution in [0.15, 0.2) is 47.8 Å². The first-order valence-electron chi connectivity index (χ1n) is 8.85. The van der Waals surface area contributed by atoms with E-state index >= 15 is 0 Å². The minimum Gasteiger partial charge on any atom is -0.353 e. The normalized spacial score (nSPS) is 15.3. The van der Waals surface area contributed by atoms with Crippen LogP contribution in [-0.4, -0.2) is 65.2 Å². The number of nitrogens with one attached hydrogen (secondary N) is 1. The fraction of sp³-hybridized carbons (Fsp3) is 0.368. The maximum Gasteiger partial charge on any atom is 0.254 e. The van der Waals surface area contributed by atoms with Gasteiger partial charge in [0.2, 0.25) is 5.91 Å². The molecule has 3 rings (SSSR count). The summed E-state index contributed by atoms with van der Waals surface area (Å²) in [5, 5.41) is 3.45. The van der Waals surface area contributed by atoms with Gasteiger partial charge in [-0.2, -0.15) is 0 Å². The van der Waals surface area contributed by atoms with E-state index in [0.29, 0.717) is 23.7 Å². The highest BCUT2D eigenvalue weighted by Crippen LogP contribution is 2.17. The number of hydrogen-bond acceptors (Lipinski definition) is 6. The third-order valence-corrected chi connectivity index (χ3v) is 5.20. The Kier molecular flexibility index (Phi) is 6.28. The summed E-state index contributed by atoms with van der Waals surface area (Å²) in [6, 6.07) is 8.66. The van der Waals surface area contributed by atoms with Crippen LogP contribution in [0.1, 0.15) is 17.3 Å². The fourth-order valence-corrected chi connectivity index (χ4v) is 3.58. The summed E-state index contributed by atoms with van der Waals surface area (Å²) < 4.78 is 0. The Morgan fingerprint density at radius 3 is 2.48 bits per heavy atom. The van der Waals surface area contributed by atoms with Gasteiger partial charge < -0.3 is 15.1 Å². The number of carbonyl (C=O) groups is 2. The number of piperazine rings is 1. The van der Waals surface area contributed by atoms with E-state index in [1.54, 1.807) is 36.4 Å². The number of nitrogens with zero attached hydrogens (tertiary/aromatic N) is 4. The van der Waals surface area contributed by atoms with E-state index in [9.17, 15) is 9.59 Å². The largest absolute Gasteiger partial charge is 0.353 e. The van der Waals surface area contributed by atoms with Crippen molar-refractivity contribution in [1.29, 1.82) is 0 Å². The van der Waals surface area contributed by atoms with Gasteiger partial charge in [0.1, 0.15) is 16.9 Å². The van der Waals surface area contributed by atoms with Crippen LogP contribution in [0.5, 0.6) is 0 Å². The topological polar surface area (TPSA) is 78.4 Å². The molecule has 0 bridgehead atoms. The van der Waals surface area contributed by atoms with Crippen LogP contribution in [0.4, 0.5) is 5.82 Å². The van der Waals surface area contributed by atoms with Crippen molar-refractivity contribution in [3.8, 4) is 0 Å². The van der Waals surface area contributed by atoms with E-state index in [-0.39, 0.29) is 11.8 Å². The van der Waals surface area contributed by atoms with Gasteiger partial charge in [-0.3, -0.25) is 9.59 Å². The van der Waals surface area contributed by atoms with Crippen LogP contribution in [0, 0.1) is 0 Å². The molecule has 2 amide bonds. The molecule has 8 heteroatoms. The number of carbonyl (C=O) groups excluding carboxylic acids is 2. The van der Waals surface area contributed by atoms with Gasteiger partial charge in [-0.25, -0.2) is 9.97 Å². The quantitative estimate of drug-likeness (QED) is 0.789. The highest BCUT2D eigenvalue weighted by Gasteiger charge is 2.27. The molecule has 0 aliphatic carbocycles. The van der Waals surface area contributed by atoms with Crippen LogP contribution >= 0.6 is 11.8 Å². The summed E-state index contributed by atoms with van der Waals surface area (Å²) >= 11 is 1.41. The lowest BCUT2D eigenvalue weighted by Gasteiger charge is -2.36. The van der Waals surface area contributed by atoms with E-state index in [1.165, 1.54) is 11.8 Å². The third-order valence-electron chi connectivity index (χ3n) is 4.49. The van der Waals surface area contributed by atoms with Crippen LogP contribution in [-0.2, 0) is 4.79 Å². The Bertz CT molecular complexity index is 794. The first-order chi connectivity index (χ1) is 13.1. The van der Waals surface area contributed by atoms with Crippen LogP contribution in [0.25, 0.3) is 0 Å². The maximum atomic E-state index is 12.7. The Morgan fingerprint density at radius 2 is 1.81 bits per heavy atom. The lowest BCUT2D eigenvalue weighted by molar-refractivity contribution is -0.133. The van der Waals surface area contributed by atoms with Crippen molar-refractivity contribution in [2.24, 2.45) is 0 Å². The fourth-order valence-electron chi connectivity index (χ4n) is 3.03. The molecular weight excluding hydrogens is 362 g/mol. The van der Waals surface area contributed by atoms with E-state index in [1.807, 2.05) is 24.5 Å². The number of pyridine rings is 2. The molecular formula is C19H23N5O2S. The Hall–Kier alpha value is -2.61. The van der Waals surface area contributed by atoms with Gasteiger partial charge in [0.25, 0.3) is 5.91 Å². The molecule has 1 saturated heterocycles. The minimum absolute atomic E-state index is 0.0707. The monoisotopic (exact) mass is 385 g/mol. The molecule has 1 fully saturated rings. The van der Waals surface area contributed by atoms with E-state index in [0.717, 1.165) is 18.9 Å². The van der Waals surface area contributed by atoms with E-state index in [4.69, 9.17) is 0 Å². The molecule has 1 aliphatic heterocycles. The van der Waals surface area contributed by atoms with Gasteiger partial charge in [0.05, 0.1) is 5.56 Å². The number of hydrogen-bond donors (Lipinski definition) is 1. The molecule has 0 radical (unpaired) electrons. The molecule has 0 spiro atoms. The number of amides is 2. The molecule has 1 unspecified atom stereocenters. The first-order valence-corrected chi connectivity index (χ1v) is 10.1. The van der Waals surface area contributed by atoms with Gasteiger partial charge in [-0.1, -0.05) is 6.07 Å². The Labute approximate surface area is 163 Å². The molecule has 2 aromatic rings. The molecule has 1 aliphatic rings. The van der Waals surface area contributed by atoms with Crippen molar-refractivity contribution >= 4 is 29.4 Å². The molecule has 7 nitrogen and oxygen atoms in total. The molecule has 0 saturated carbocycles. The Morgan fingerprint density at radius 1 is 1.07 bits per heavy atom. The lowest BCUT2D eigenvalue weighted by Crippen LogP contribution is -2.54. The van der Waals surface area contributed by atoms with Crippen molar-refractivity contribution in [2.75, 3.05) is 37.3 Å². The zero-order valence-electron chi connectivity index (χ0n) is 15.5. The molecule has 3 heterocycles. The molecule has 0 aromatic carbocycles. The molecule has 27 heavy (non-hydrogen) atoms. The summed E-state index contributed by atoms with van der Waals surface area (Å²) in [6.07, 6.45) is 5.29. The first kappa shape index (κ1) is 19.2. The number of thioether (sulfide) groups is 1. The average molecular weight is 385 g/mol. The minimum atomic E-state index is -0.589. The molecule has 2 aromatic heterocycles. The zero-order valence-corrected chi connectivity index (χ0v) is 16.3. The van der Waals surface area contributed by atoms with Crippen molar-refractivity contribution in [2.45, 2.75) is 18.0 Å². The van der Waals surface area contributed by atoms with Crippen molar-refractivity contribution < 1.29 is 9.59 Å². The van der Waals surface area contributed by atoms with Crippen molar-refractivity contribution in [3.63, 3.8) is 0 Å². The summed E-state index contributed by atoms with van der Waals surface area (Å²) in [5.74, 6) is 0.575. The highest BCUT2D eigenvalue weighted by molar-refractivity contribution is 7.98. The highest BCUT2D eigenvalue weighted by atomic mass is 32.2. The van der Waals surface area contributed by atoms with Crippen LogP contribution in [0.2, 0.25) is 0 Å². The van der Waals surface area contributed by atoms with E-state index < -0.39 is 6.04 Å². The predicted molar refractivity (Wildman–Crippen MR) is 106 cm³/mol. The van der Waals surface area contributed by atoms with Crippen LogP contribution in [0.3, 0.4) is 0 Å². The predicted octanol–water partition coefficient (Wildman–Crippen LogP) is 1.67. The SMILES string of the molecule is CSc1ncccc1C(=O)NC(C)C(=O)N1CCN(c2ccccn2)CC1. The smallest absolute Gasteiger partial charge is 0.254 e. The average Bonchev–Trinajstić information content (AvgIpc) is 2.73. The van der Waals surface area contributed by atoms with Gasteiger partial charge >= 0.3 is 0 Å². The number of aromatic nitrogens is 2. The molecule has 142 valence electrons. The van der Waals surface area contributed by atoms with Gasteiger partial charge in [-0.05, 0) is 37.4 Å².